The molecule has 17 heavy (non-hydrogen) atoms. The third-order valence-electron chi connectivity index (χ3n) is 2.45. The third kappa shape index (κ3) is 4.06. The first kappa shape index (κ1) is 13.5. The molecule has 88 valence electrons. The Morgan fingerprint density at radius 1 is 0.824 bits per heavy atom. The van der Waals surface area contributed by atoms with E-state index in [2.05, 4.69) is 36.4 Å². The number of rotatable bonds is 3. The number of halogens is 1. The number of hydrogen-bond acceptors (Lipinski definition) is 1. The minimum Gasteiger partial charge on any atom is -0.326 e. The van der Waals surface area contributed by atoms with Crippen molar-refractivity contribution in [3.05, 3.63) is 71.3 Å². The van der Waals surface area contributed by atoms with Gasteiger partial charge in [-0.25, -0.2) is 0 Å². The molecule has 2 aromatic carbocycles. The third-order valence-corrected chi connectivity index (χ3v) is 2.45. The van der Waals surface area contributed by atoms with Gasteiger partial charge in [0, 0.05) is 6.54 Å². The van der Waals surface area contributed by atoms with E-state index in [0.717, 1.165) is 5.56 Å². The molecule has 2 rings (SSSR count). The molecule has 0 saturated heterocycles. The van der Waals surface area contributed by atoms with E-state index in [-0.39, 0.29) is 12.4 Å². The van der Waals surface area contributed by atoms with Crippen molar-refractivity contribution in [3.63, 3.8) is 0 Å². The second-order valence-electron chi connectivity index (χ2n) is 3.69. The highest BCUT2D eigenvalue weighted by atomic mass is 35.5. The second-order valence-corrected chi connectivity index (χ2v) is 3.69. The lowest BCUT2D eigenvalue weighted by molar-refractivity contribution is 1.07. The fraction of sp³-hybridized carbons (Fsp3) is 0.0667. The van der Waals surface area contributed by atoms with E-state index in [4.69, 9.17) is 5.73 Å². The van der Waals surface area contributed by atoms with Gasteiger partial charge < -0.3 is 5.73 Å². The Balaban J connectivity index is 0.00000144. The summed E-state index contributed by atoms with van der Waals surface area (Å²) in [5.74, 6) is 0. The van der Waals surface area contributed by atoms with Crippen molar-refractivity contribution >= 4 is 24.6 Å². The highest BCUT2D eigenvalue weighted by Crippen LogP contribution is 2.09. The summed E-state index contributed by atoms with van der Waals surface area (Å²) in [6, 6.07) is 18.5. The normalized spacial score (nSPS) is 10.2. The first-order chi connectivity index (χ1) is 7.88. The molecule has 2 aromatic rings. The van der Waals surface area contributed by atoms with Crippen LogP contribution in [0.1, 0.15) is 16.7 Å². The largest absolute Gasteiger partial charge is 0.326 e. The van der Waals surface area contributed by atoms with Gasteiger partial charge in [-0.15, -0.1) is 12.4 Å². The van der Waals surface area contributed by atoms with E-state index in [1.54, 1.807) is 0 Å². The molecule has 0 amide bonds. The molecule has 1 nitrogen and oxygen atoms in total. The van der Waals surface area contributed by atoms with Gasteiger partial charge in [-0.1, -0.05) is 66.7 Å². The molecular weight excluding hydrogens is 230 g/mol. The quantitative estimate of drug-likeness (QED) is 0.820. The maximum atomic E-state index is 5.60. The van der Waals surface area contributed by atoms with Crippen LogP contribution in [-0.4, -0.2) is 0 Å². The van der Waals surface area contributed by atoms with Crippen LogP contribution in [-0.2, 0) is 6.54 Å². The van der Waals surface area contributed by atoms with Crippen molar-refractivity contribution in [2.24, 2.45) is 5.73 Å². The van der Waals surface area contributed by atoms with Gasteiger partial charge >= 0.3 is 0 Å². The molecule has 0 spiro atoms. The van der Waals surface area contributed by atoms with E-state index in [9.17, 15) is 0 Å². The molecule has 0 aliphatic rings. The zero-order valence-corrected chi connectivity index (χ0v) is 10.4. The van der Waals surface area contributed by atoms with Crippen LogP contribution in [0.3, 0.4) is 0 Å². The van der Waals surface area contributed by atoms with Crippen LogP contribution < -0.4 is 5.73 Å². The van der Waals surface area contributed by atoms with Crippen LogP contribution in [0.25, 0.3) is 12.2 Å². The Labute approximate surface area is 108 Å². The van der Waals surface area contributed by atoms with Gasteiger partial charge in [-0.2, -0.15) is 0 Å². The zero-order chi connectivity index (χ0) is 11.2. The van der Waals surface area contributed by atoms with Gasteiger partial charge in [-0.05, 0) is 16.7 Å². The monoisotopic (exact) mass is 245 g/mol. The summed E-state index contributed by atoms with van der Waals surface area (Å²) >= 11 is 0. The van der Waals surface area contributed by atoms with Crippen LogP contribution in [0.5, 0.6) is 0 Å². The Morgan fingerprint density at radius 2 is 1.47 bits per heavy atom. The molecule has 0 radical (unpaired) electrons. The summed E-state index contributed by atoms with van der Waals surface area (Å²) in [6.45, 7) is 0.590. The SMILES string of the molecule is Cl.NCc1cccc(C=Cc2ccccc2)c1. The minimum atomic E-state index is 0. The average Bonchev–Trinajstić information content (AvgIpc) is 2.38. The molecule has 0 aliphatic heterocycles. The number of nitrogens with two attached hydrogens (primary N) is 1. The van der Waals surface area contributed by atoms with Crippen molar-refractivity contribution in [2.45, 2.75) is 6.54 Å². The molecule has 2 N–H and O–H groups in total. The van der Waals surface area contributed by atoms with Crippen LogP contribution in [0, 0.1) is 0 Å². The summed E-state index contributed by atoms with van der Waals surface area (Å²) in [5.41, 5.74) is 9.16. The van der Waals surface area contributed by atoms with Crippen molar-refractivity contribution in [1.29, 1.82) is 0 Å². The van der Waals surface area contributed by atoms with Gasteiger partial charge in [0.15, 0.2) is 0 Å². The van der Waals surface area contributed by atoms with Gasteiger partial charge in [-0.3, -0.25) is 0 Å². The predicted octanol–water partition coefficient (Wildman–Crippen LogP) is 3.74. The molecule has 0 heterocycles. The van der Waals surface area contributed by atoms with E-state index in [1.807, 2.05) is 30.3 Å². The summed E-state index contributed by atoms with van der Waals surface area (Å²) in [5, 5.41) is 0. The van der Waals surface area contributed by atoms with Crippen LogP contribution in [0.15, 0.2) is 54.6 Å². The highest BCUT2D eigenvalue weighted by molar-refractivity contribution is 5.85. The predicted molar refractivity (Wildman–Crippen MR) is 77.0 cm³/mol. The second kappa shape index (κ2) is 6.89. The summed E-state index contributed by atoms with van der Waals surface area (Å²) in [6.07, 6.45) is 4.21. The topological polar surface area (TPSA) is 26.0 Å². The molecule has 2 heteroatoms. The van der Waals surface area contributed by atoms with E-state index in [0.29, 0.717) is 6.54 Å². The Bertz CT molecular complexity index is 477. The molecular formula is C15H16ClN. The van der Waals surface area contributed by atoms with E-state index < -0.39 is 0 Å². The van der Waals surface area contributed by atoms with Crippen LogP contribution >= 0.6 is 12.4 Å². The van der Waals surface area contributed by atoms with Crippen LogP contribution in [0.2, 0.25) is 0 Å². The lowest BCUT2D eigenvalue weighted by Gasteiger charge is -1.98. The molecule has 0 bridgehead atoms. The zero-order valence-electron chi connectivity index (χ0n) is 9.54. The molecule has 0 unspecified atom stereocenters. The van der Waals surface area contributed by atoms with Gasteiger partial charge in [0.2, 0.25) is 0 Å². The molecule has 0 atom stereocenters. The smallest absolute Gasteiger partial charge is 0.0178 e. The molecule has 0 saturated carbocycles. The average molecular weight is 246 g/mol. The Kier molecular flexibility index (Phi) is 5.47. The summed E-state index contributed by atoms with van der Waals surface area (Å²) < 4.78 is 0. The fourth-order valence-corrected chi connectivity index (χ4v) is 1.58. The maximum absolute atomic E-state index is 5.60. The summed E-state index contributed by atoms with van der Waals surface area (Å²) in [7, 11) is 0. The van der Waals surface area contributed by atoms with E-state index >= 15 is 0 Å². The van der Waals surface area contributed by atoms with Crippen molar-refractivity contribution in [1.82, 2.24) is 0 Å². The van der Waals surface area contributed by atoms with Crippen molar-refractivity contribution in [3.8, 4) is 0 Å². The first-order valence-electron chi connectivity index (χ1n) is 5.40. The Morgan fingerprint density at radius 3 is 2.18 bits per heavy atom. The standard InChI is InChI=1S/C15H15N.ClH/c16-12-15-8-4-7-14(11-15)10-9-13-5-2-1-3-6-13;/h1-11H,12,16H2;1H. The van der Waals surface area contributed by atoms with Crippen molar-refractivity contribution in [2.75, 3.05) is 0 Å². The van der Waals surface area contributed by atoms with Gasteiger partial charge in [0.1, 0.15) is 0 Å². The van der Waals surface area contributed by atoms with Crippen LogP contribution in [0.4, 0.5) is 0 Å². The van der Waals surface area contributed by atoms with Crippen molar-refractivity contribution < 1.29 is 0 Å². The molecule has 0 fully saturated rings. The number of hydrogen-bond donors (Lipinski definition) is 1. The first-order valence-corrected chi connectivity index (χ1v) is 5.40. The molecule has 0 aliphatic carbocycles. The Hall–Kier alpha value is -1.57. The lowest BCUT2D eigenvalue weighted by Crippen LogP contribution is -1.95. The lowest BCUT2D eigenvalue weighted by atomic mass is 10.1. The highest BCUT2D eigenvalue weighted by Gasteiger charge is 1.90. The summed E-state index contributed by atoms with van der Waals surface area (Å²) in [4.78, 5) is 0. The number of benzene rings is 2. The minimum absolute atomic E-state index is 0. The fourth-order valence-electron chi connectivity index (χ4n) is 1.58. The van der Waals surface area contributed by atoms with Gasteiger partial charge in [0.05, 0.1) is 0 Å². The molecule has 0 aromatic heterocycles. The van der Waals surface area contributed by atoms with E-state index in [1.165, 1.54) is 11.1 Å². The van der Waals surface area contributed by atoms with Gasteiger partial charge in [0.25, 0.3) is 0 Å². The maximum Gasteiger partial charge on any atom is 0.0178 e.